The zero-order valence-electron chi connectivity index (χ0n) is 29.5. The number of nitrogens with zero attached hydrogens (tertiary/aromatic N) is 3. The molecule has 0 saturated heterocycles. The first-order chi connectivity index (χ1) is 26.8. The van der Waals surface area contributed by atoms with Gasteiger partial charge in [0.25, 0.3) is 0 Å². The number of pyridine rings is 1. The normalized spacial score (nSPS) is 11.3. The molecule has 1 heterocycles. The molecule has 0 N–H and O–H groups in total. The van der Waals surface area contributed by atoms with E-state index in [0.717, 1.165) is 61.4 Å². The van der Waals surface area contributed by atoms with Gasteiger partial charge in [-0.1, -0.05) is 140 Å². The van der Waals surface area contributed by atoms with Crippen LogP contribution in [0.1, 0.15) is 0 Å². The van der Waals surface area contributed by atoms with Gasteiger partial charge in [-0.25, -0.2) is 0 Å². The first-order valence-electron chi connectivity index (χ1n) is 18.4. The second kappa shape index (κ2) is 13.4. The van der Waals surface area contributed by atoms with E-state index in [-0.39, 0.29) is 0 Å². The Balaban J connectivity index is 1.35. The Bertz CT molecular complexity index is 2940. The predicted molar refractivity (Wildman–Crippen MR) is 229 cm³/mol. The Morgan fingerprint density at radius 3 is 1.41 bits per heavy atom. The molecule has 10 aromatic rings. The molecular weight excluding hydrogens is 655 g/mol. The molecule has 0 fully saturated rings. The Morgan fingerprint density at radius 1 is 0.296 bits per heavy atom. The summed E-state index contributed by atoms with van der Waals surface area (Å²) in [5, 5.41) is 8.09. The molecule has 0 spiro atoms. The third-order valence-electron chi connectivity index (χ3n) is 10.4. The van der Waals surface area contributed by atoms with Gasteiger partial charge in [-0.15, -0.1) is 0 Å². The summed E-state index contributed by atoms with van der Waals surface area (Å²) in [6.45, 7) is 0. The van der Waals surface area contributed by atoms with Crippen LogP contribution in [0.4, 0.5) is 34.1 Å². The molecule has 0 amide bonds. The fraction of sp³-hybridized carbons (Fsp3) is 0. The highest BCUT2D eigenvalue weighted by Crippen LogP contribution is 2.51. The largest absolute Gasteiger partial charge is 0.309 e. The van der Waals surface area contributed by atoms with Gasteiger partial charge in [0.2, 0.25) is 0 Å². The molecule has 1 aromatic heterocycles. The quantitative estimate of drug-likeness (QED) is 0.123. The van der Waals surface area contributed by atoms with Gasteiger partial charge in [0.05, 0.1) is 16.9 Å². The zero-order valence-corrected chi connectivity index (χ0v) is 29.5. The molecule has 0 aliphatic heterocycles. The van der Waals surface area contributed by atoms with Crippen LogP contribution in [-0.2, 0) is 0 Å². The lowest BCUT2D eigenvalue weighted by Crippen LogP contribution is -2.15. The van der Waals surface area contributed by atoms with Gasteiger partial charge in [-0.05, 0) is 99.4 Å². The molecule has 0 aliphatic carbocycles. The zero-order chi connectivity index (χ0) is 35.8. The summed E-state index contributed by atoms with van der Waals surface area (Å²) < 4.78 is 0. The van der Waals surface area contributed by atoms with E-state index in [1.807, 2.05) is 6.20 Å². The molecule has 0 atom stereocenters. The maximum Gasteiger partial charge on any atom is 0.0970 e. The van der Waals surface area contributed by atoms with Gasteiger partial charge in [0.1, 0.15) is 0 Å². The summed E-state index contributed by atoms with van der Waals surface area (Å²) in [4.78, 5) is 10.1. The van der Waals surface area contributed by atoms with Crippen molar-refractivity contribution in [3.63, 3.8) is 0 Å². The van der Waals surface area contributed by atoms with Crippen molar-refractivity contribution in [2.24, 2.45) is 0 Å². The van der Waals surface area contributed by atoms with Gasteiger partial charge >= 0.3 is 0 Å². The highest BCUT2D eigenvalue weighted by atomic mass is 15.2. The van der Waals surface area contributed by atoms with Crippen LogP contribution in [-0.4, -0.2) is 4.98 Å². The lowest BCUT2D eigenvalue weighted by molar-refractivity contribution is 1.28. The molecule has 0 saturated carbocycles. The van der Waals surface area contributed by atoms with Crippen LogP contribution in [0.5, 0.6) is 0 Å². The minimum atomic E-state index is 0.920. The minimum Gasteiger partial charge on any atom is -0.309 e. The van der Waals surface area contributed by atoms with Gasteiger partial charge < -0.3 is 9.80 Å². The van der Waals surface area contributed by atoms with E-state index < -0.39 is 0 Å². The third-order valence-corrected chi connectivity index (χ3v) is 10.4. The molecule has 254 valence electrons. The molecule has 54 heavy (non-hydrogen) atoms. The summed E-state index contributed by atoms with van der Waals surface area (Å²) in [7, 11) is 0. The number of hydrogen-bond acceptors (Lipinski definition) is 3. The number of aromatic nitrogens is 1. The first kappa shape index (κ1) is 31.5. The van der Waals surface area contributed by atoms with Crippen molar-refractivity contribution < 1.29 is 0 Å². The summed E-state index contributed by atoms with van der Waals surface area (Å²) in [5.41, 5.74) is 9.65. The van der Waals surface area contributed by atoms with E-state index in [2.05, 4.69) is 216 Å². The van der Waals surface area contributed by atoms with E-state index in [0.29, 0.717) is 0 Å². The van der Waals surface area contributed by atoms with Crippen molar-refractivity contribution in [1.82, 2.24) is 4.98 Å². The summed E-state index contributed by atoms with van der Waals surface area (Å²) in [5.74, 6) is 0. The lowest BCUT2D eigenvalue weighted by Gasteiger charge is -2.32. The van der Waals surface area contributed by atoms with E-state index in [1.165, 1.54) is 27.1 Å². The Kier molecular flexibility index (Phi) is 7.81. The number of hydrogen-bond donors (Lipinski definition) is 0. The molecule has 0 aliphatic rings. The molecule has 0 bridgehead atoms. The number of fused-ring (bicyclic) bond motifs is 4. The van der Waals surface area contributed by atoms with Gasteiger partial charge in [-0.2, -0.15) is 0 Å². The summed E-state index contributed by atoms with van der Waals surface area (Å²) >= 11 is 0. The molecular formula is C51H35N3. The van der Waals surface area contributed by atoms with Gasteiger partial charge in [-0.3, -0.25) is 4.98 Å². The molecule has 9 aromatic carbocycles. The van der Waals surface area contributed by atoms with Crippen molar-refractivity contribution >= 4 is 77.3 Å². The van der Waals surface area contributed by atoms with Crippen LogP contribution in [0.15, 0.2) is 212 Å². The van der Waals surface area contributed by atoms with Crippen molar-refractivity contribution in [2.45, 2.75) is 0 Å². The van der Waals surface area contributed by atoms with Crippen molar-refractivity contribution in [1.29, 1.82) is 0 Å². The van der Waals surface area contributed by atoms with E-state index in [9.17, 15) is 0 Å². The van der Waals surface area contributed by atoms with Gasteiger partial charge in [0, 0.05) is 45.1 Å². The maximum absolute atomic E-state index is 5.28. The number of benzene rings is 9. The van der Waals surface area contributed by atoms with Crippen molar-refractivity contribution in [2.75, 3.05) is 9.80 Å². The molecule has 0 unspecified atom stereocenters. The van der Waals surface area contributed by atoms with E-state index in [4.69, 9.17) is 4.98 Å². The molecule has 10 rings (SSSR count). The van der Waals surface area contributed by atoms with E-state index >= 15 is 0 Å². The second-order valence-corrected chi connectivity index (χ2v) is 13.6. The number of rotatable bonds is 7. The molecule has 3 nitrogen and oxygen atoms in total. The SMILES string of the molecule is c1ccc(-c2ccc3c(N(c4ccccc4)c4ccc5ccccc5c4)c4cccnc4c(N(c4ccccc4)c4ccc5ccccc5c4)c3c2)cc1. The Morgan fingerprint density at radius 2 is 0.815 bits per heavy atom. The fourth-order valence-corrected chi connectivity index (χ4v) is 7.88. The average Bonchev–Trinajstić information content (AvgIpc) is 3.25. The average molecular weight is 690 g/mol. The Labute approximate surface area is 314 Å². The predicted octanol–water partition coefficient (Wildman–Crippen LogP) is 14.3. The minimum absolute atomic E-state index is 0.920. The maximum atomic E-state index is 5.28. The van der Waals surface area contributed by atoms with Crippen LogP contribution < -0.4 is 9.80 Å². The standard InChI is InChI=1S/C51H35N3/c1-4-15-36(16-5-1)41-28-31-46-48(35-41)51(54(43-23-8-3-9-24-43)45-30-27-38-18-11-13-20-40(38)34-45)49-47(25-14-32-52-49)50(46)53(42-21-6-2-7-22-42)44-29-26-37-17-10-12-19-39(37)33-44/h1-35H. The van der Waals surface area contributed by atoms with Crippen LogP contribution in [0.25, 0.3) is 54.3 Å². The smallest absolute Gasteiger partial charge is 0.0970 e. The van der Waals surface area contributed by atoms with Gasteiger partial charge in [0.15, 0.2) is 0 Å². The summed E-state index contributed by atoms with van der Waals surface area (Å²) in [6.07, 6.45) is 1.93. The van der Waals surface area contributed by atoms with Crippen molar-refractivity contribution in [3.8, 4) is 11.1 Å². The molecule has 0 radical (unpaired) electrons. The number of para-hydroxylation sites is 2. The van der Waals surface area contributed by atoms with Crippen LogP contribution >= 0.6 is 0 Å². The molecule has 3 heteroatoms. The van der Waals surface area contributed by atoms with Crippen molar-refractivity contribution in [3.05, 3.63) is 212 Å². The third kappa shape index (κ3) is 5.51. The van der Waals surface area contributed by atoms with Crippen LogP contribution in [0.2, 0.25) is 0 Å². The second-order valence-electron chi connectivity index (χ2n) is 13.6. The Hall–Kier alpha value is -7.23. The lowest BCUT2D eigenvalue weighted by atomic mass is 9.94. The van der Waals surface area contributed by atoms with Crippen LogP contribution in [0.3, 0.4) is 0 Å². The van der Waals surface area contributed by atoms with Crippen LogP contribution in [0, 0.1) is 0 Å². The highest BCUT2D eigenvalue weighted by Gasteiger charge is 2.26. The number of anilines is 6. The first-order valence-corrected chi connectivity index (χ1v) is 18.4. The topological polar surface area (TPSA) is 19.4 Å². The fourth-order valence-electron chi connectivity index (χ4n) is 7.88. The highest BCUT2D eigenvalue weighted by molar-refractivity contribution is 6.23. The monoisotopic (exact) mass is 689 g/mol. The summed E-state index contributed by atoms with van der Waals surface area (Å²) in [6, 6.07) is 73.9. The van der Waals surface area contributed by atoms with E-state index in [1.54, 1.807) is 0 Å².